The Morgan fingerprint density at radius 1 is 1.06 bits per heavy atom. The predicted molar refractivity (Wildman–Crippen MR) is 117 cm³/mol. The van der Waals surface area contributed by atoms with Gasteiger partial charge in [-0.05, 0) is 55.0 Å². The molecule has 33 heavy (non-hydrogen) atoms. The van der Waals surface area contributed by atoms with Crippen LogP contribution in [0.2, 0.25) is 0 Å². The van der Waals surface area contributed by atoms with Crippen LogP contribution in [0.3, 0.4) is 0 Å². The number of hydrogen-bond donors (Lipinski definition) is 0. The van der Waals surface area contributed by atoms with E-state index >= 15 is 0 Å². The van der Waals surface area contributed by atoms with Crippen molar-refractivity contribution < 1.29 is 27.5 Å². The number of carbonyl (C=O) groups is 2. The topological polar surface area (TPSA) is 66.0 Å². The van der Waals surface area contributed by atoms with E-state index in [1.807, 2.05) is 37.2 Å². The maximum Gasteiger partial charge on any atom is 0.573 e. The van der Waals surface area contributed by atoms with Gasteiger partial charge in [-0.1, -0.05) is 6.07 Å². The first-order valence-electron chi connectivity index (χ1n) is 10.1. The zero-order valence-electron chi connectivity index (χ0n) is 18.1. The average molecular weight is 458 g/mol. The Balaban J connectivity index is 1.59. The van der Waals surface area contributed by atoms with Crippen molar-refractivity contribution in [2.75, 3.05) is 23.9 Å². The molecule has 1 atom stereocenters. The van der Waals surface area contributed by atoms with Gasteiger partial charge >= 0.3 is 12.4 Å². The Morgan fingerprint density at radius 2 is 1.76 bits per heavy atom. The molecule has 0 radical (unpaired) electrons. The van der Waals surface area contributed by atoms with Crippen LogP contribution in [-0.4, -0.2) is 48.3 Å². The zero-order chi connectivity index (χ0) is 23.9. The van der Waals surface area contributed by atoms with Gasteiger partial charge in [-0.2, -0.15) is 0 Å². The average Bonchev–Trinajstić information content (AvgIpc) is 2.96. The van der Waals surface area contributed by atoms with E-state index < -0.39 is 30.1 Å². The summed E-state index contributed by atoms with van der Waals surface area (Å²) < 4.78 is 41.0. The lowest BCUT2D eigenvalue weighted by Crippen LogP contribution is -2.33. The third kappa shape index (κ3) is 4.41. The largest absolute Gasteiger partial charge is 0.573 e. The molecule has 2 heterocycles. The molecule has 4 rings (SSSR count). The van der Waals surface area contributed by atoms with E-state index in [4.69, 9.17) is 0 Å². The Labute approximate surface area is 188 Å². The number of anilines is 2. The van der Waals surface area contributed by atoms with Gasteiger partial charge in [0.15, 0.2) is 0 Å². The number of carbonyl (C=O) groups excluding carboxylic acids is 2. The maximum absolute atomic E-state index is 13.1. The summed E-state index contributed by atoms with van der Waals surface area (Å²) in [5, 5.41) is 0.864. The van der Waals surface area contributed by atoms with Crippen LogP contribution in [0.25, 0.3) is 10.9 Å². The molecular formula is C23H21F3N4O3. The zero-order valence-corrected chi connectivity index (χ0v) is 18.1. The van der Waals surface area contributed by atoms with Crippen LogP contribution in [0.5, 0.6) is 5.75 Å². The maximum atomic E-state index is 13.1. The summed E-state index contributed by atoms with van der Waals surface area (Å²) in [6, 6.07) is 11.0. The molecule has 1 fully saturated rings. The van der Waals surface area contributed by atoms with E-state index in [2.05, 4.69) is 9.72 Å². The van der Waals surface area contributed by atoms with Crippen LogP contribution in [0.1, 0.15) is 12.5 Å². The number of rotatable bonds is 5. The minimum absolute atomic E-state index is 0.170. The molecular weight excluding hydrogens is 437 g/mol. The van der Waals surface area contributed by atoms with E-state index in [-0.39, 0.29) is 12.2 Å². The fourth-order valence-corrected chi connectivity index (χ4v) is 3.74. The summed E-state index contributed by atoms with van der Waals surface area (Å²) in [6.07, 6.45) is -3.17. The molecule has 1 unspecified atom stereocenters. The number of hydrogen-bond acceptors (Lipinski definition) is 5. The van der Waals surface area contributed by atoms with E-state index in [0.29, 0.717) is 0 Å². The third-order valence-corrected chi connectivity index (χ3v) is 5.48. The smallest absolute Gasteiger partial charge is 0.406 e. The number of fused-ring (bicyclic) bond motifs is 1. The van der Waals surface area contributed by atoms with E-state index in [9.17, 15) is 22.8 Å². The molecule has 1 aliphatic heterocycles. The van der Waals surface area contributed by atoms with E-state index in [0.717, 1.165) is 39.2 Å². The van der Waals surface area contributed by atoms with Crippen LogP contribution in [0.15, 0.2) is 54.7 Å². The van der Waals surface area contributed by atoms with Crippen molar-refractivity contribution in [1.29, 1.82) is 0 Å². The van der Waals surface area contributed by atoms with Crippen LogP contribution in [0.4, 0.5) is 29.3 Å². The van der Waals surface area contributed by atoms with Gasteiger partial charge < -0.3 is 14.5 Å². The number of benzene rings is 2. The van der Waals surface area contributed by atoms with Crippen molar-refractivity contribution >= 4 is 34.2 Å². The molecule has 7 nitrogen and oxygen atoms in total. The minimum Gasteiger partial charge on any atom is -0.406 e. The number of pyridine rings is 1. The minimum atomic E-state index is -4.83. The number of aromatic nitrogens is 1. The molecule has 3 aromatic rings. The molecule has 1 saturated heterocycles. The molecule has 0 spiro atoms. The van der Waals surface area contributed by atoms with Crippen molar-refractivity contribution in [1.82, 2.24) is 9.88 Å². The number of imide groups is 1. The predicted octanol–water partition coefficient (Wildman–Crippen LogP) is 4.56. The highest BCUT2D eigenvalue weighted by Crippen LogP contribution is 2.31. The van der Waals surface area contributed by atoms with Gasteiger partial charge in [-0.25, -0.2) is 9.69 Å². The number of halogens is 3. The lowest BCUT2D eigenvalue weighted by atomic mass is 10.1. The molecule has 0 aliphatic carbocycles. The normalized spacial score (nSPS) is 16.6. The second-order valence-electron chi connectivity index (χ2n) is 7.87. The first kappa shape index (κ1) is 22.4. The van der Waals surface area contributed by atoms with E-state index in [1.54, 1.807) is 19.2 Å². The molecule has 1 aliphatic rings. The second kappa shape index (κ2) is 8.27. The van der Waals surface area contributed by atoms with Gasteiger partial charge in [-0.3, -0.25) is 9.78 Å². The SMILES string of the molecule is CC1C(=O)N(c2ccc(OC(F)(F)F)cc2)C(=O)N1Cc1ccnc2cc(N(C)C)ccc12. The Hall–Kier alpha value is -3.82. The van der Waals surface area contributed by atoms with Gasteiger partial charge in [0.25, 0.3) is 5.91 Å². The fourth-order valence-electron chi connectivity index (χ4n) is 3.74. The van der Waals surface area contributed by atoms with Gasteiger partial charge in [0.2, 0.25) is 0 Å². The molecule has 0 N–H and O–H groups in total. The monoisotopic (exact) mass is 458 g/mol. The summed E-state index contributed by atoms with van der Waals surface area (Å²) in [5.74, 6) is -0.895. The molecule has 1 aromatic heterocycles. The van der Waals surface area contributed by atoms with Gasteiger partial charge in [0.05, 0.1) is 11.2 Å². The number of nitrogens with zero attached hydrogens (tertiary/aromatic N) is 4. The quantitative estimate of drug-likeness (QED) is 0.525. The standard InChI is InChI=1S/C23H21F3N4O3/c1-14-21(31)30(16-4-7-18(8-5-16)33-23(24,25)26)22(32)29(14)13-15-10-11-27-20-12-17(28(2)3)6-9-19(15)20/h4-12,14H,13H2,1-3H3. The number of alkyl halides is 3. The molecule has 10 heteroatoms. The van der Waals surface area contributed by atoms with Crippen LogP contribution in [-0.2, 0) is 11.3 Å². The summed E-state index contributed by atoms with van der Waals surface area (Å²) in [4.78, 5) is 34.7. The highest BCUT2D eigenvalue weighted by molar-refractivity contribution is 6.21. The van der Waals surface area contributed by atoms with Crippen molar-refractivity contribution in [3.05, 3.63) is 60.3 Å². The van der Waals surface area contributed by atoms with Gasteiger partial charge in [0, 0.05) is 37.9 Å². The second-order valence-corrected chi connectivity index (χ2v) is 7.87. The molecule has 0 bridgehead atoms. The lowest BCUT2D eigenvalue weighted by Gasteiger charge is -2.21. The number of urea groups is 1. The number of amides is 3. The summed E-state index contributed by atoms with van der Waals surface area (Å²) in [7, 11) is 3.86. The first-order chi connectivity index (χ1) is 15.5. The van der Waals surface area contributed by atoms with Crippen molar-refractivity contribution in [3.63, 3.8) is 0 Å². The first-order valence-corrected chi connectivity index (χ1v) is 10.1. The molecule has 3 amide bonds. The summed E-state index contributed by atoms with van der Waals surface area (Å²) in [5.41, 5.74) is 2.75. The Bertz CT molecular complexity index is 1210. The Kier molecular flexibility index (Phi) is 5.61. The van der Waals surface area contributed by atoms with Gasteiger partial charge in [0.1, 0.15) is 11.8 Å². The highest BCUT2D eigenvalue weighted by Gasteiger charge is 2.43. The van der Waals surface area contributed by atoms with Crippen molar-refractivity contribution in [2.24, 2.45) is 0 Å². The van der Waals surface area contributed by atoms with Crippen molar-refractivity contribution in [2.45, 2.75) is 25.9 Å². The van der Waals surface area contributed by atoms with Crippen LogP contribution in [0, 0.1) is 0 Å². The molecule has 172 valence electrons. The molecule has 2 aromatic carbocycles. The van der Waals surface area contributed by atoms with Crippen LogP contribution < -0.4 is 14.5 Å². The van der Waals surface area contributed by atoms with Crippen LogP contribution >= 0.6 is 0 Å². The fraction of sp³-hybridized carbons (Fsp3) is 0.261. The summed E-state index contributed by atoms with van der Waals surface area (Å²) >= 11 is 0. The van der Waals surface area contributed by atoms with E-state index in [1.165, 1.54) is 17.0 Å². The molecule has 0 saturated carbocycles. The van der Waals surface area contributed by atoms with Gasteiger partial charge in [-0.15, -0.1) is 13.2 Å². The highest BCUT2D eigenvalue weighted by atomic mass is 19.4. The summed E-state index contributed by atoms with van der Waals surface area (Å²) in [6.45, 7) is 1.80. The van der Waals surface area contributed by atoms with Crippen molar-refractivity contribution in [3.8, 4) is 5.75 Å². The third-order valence-electron chi connectivity index (χ3n) is 5.48. The number of ether oxygens (including phenoxy) is 1. The Morgan fingerprint density at radius 3 is 2.39 bits per heavy atom. The lowest BCUT2D eigenvalue weighted by molar-refractivity contribution is -0.274.